The number of carbonyl (C=O) groups excluding carboxylic acids is 3. The number of nitrogens with two attached hydrogens (primary N) is 1. The van der Waals surface area contributed by atoms with Crippen molar-refractivity contribution in [2.24, 2.45) is 5.73 Å². The Balaban J connectivity index is 1.55. The number of nitrogens with one attached hydrogen (secondary N) is 1. The molecule has 0 fully saturated rings. The number of aryl methyl sites for hydroxylation is 1. The van der Waals surface area contributed by atoms with E-state index in [1.165, 1.54) is 41.7 Å². The van der Waals surface area contributed by atoms with E-state index < -0.39 is 24.4 Å². The van der Waals surface area contributed by atoms with Gasteiger partial charge < -0.3 is 15.8 Å². The van der Waals surface area contributed by atoms with Gasteiger partial charge in [-0.05, 0) is 48.6 Å². The van der Waals surface area contributed by atoms with Crippen molar-refractivity contribution in [1.29, 1.82) is 0 Å². The molecule has 1 aromatic carbocycles. The van der Waals surface area contributed by atoms with E-state index in [0.29, 0.717) is 16.1 Å². The number of carbonyl (C=O) groups is 3. The number of primary amides is 1. The number of halogens is 1. The summed E-state index contributed by atoms with van der Waals surface area (Å²) in [5, 5.41) is 2.99. The summed E-state index contributed by atoms with van der Waals surface area (Å²) in [7, 11) is 0. The minimum atomic E-state index is -0.710. The largest absolute Gasteiger partial charge is 0.452 e. The number of ether oxygens (including phenoxy) is 1. The molecule has 0 saturated heterocycles. The molecular weight excluding hydrogens is 371 g/mol. The van der Waals surface area contributed by atoms with Crippen molar-refractivity contribution in [3.05, 3.63) is 57.7 Å². The van der Waals surface area contributed by atoms with Gasteiger partial charge in [0, 0.05) is 11.0 Å². The van der Waals surface area contributed by atoms with Crippen molar-refractivity contribution in [3.63, 3.8) is 0 Å². The Bertz CT molecular complexity index is 919. The molecule has 0 bridgehead atoms. The quantitative estimate of drug-likeness (QED) is 0.587. The number of hydrogen-bond acceptors (Lipinski definition) is 5. The molecule has 6 nitrogen and oxygen atoms in total. The first-order valence-corrected chi connectivity index (χ1v) is 9.10. The number of anilines is 1. The smallest absolute Gasteiger partial charge is 0.331 e. The Morgan fingerprint density at radius 2 is 1.96 bits per heavy atom. The first-order chi connectivity index (χ1) is 12.9. The molecular formula is C19H17FN2O4S. The second-order valence-electron chi connectivity index (χ2n) is 5.97. The van der Waals surface area contributed by atoms with Gasteiger partial charge >= 0.3 is 5.97 Å². The molecule has 140 valence electrons. The molecule has 0 unspecified atom stereocenters. The van der Waals surface area contributed by atoms with E-state index in [0.717, 1.165) is 35.8 Å². The van der Waals surface area contributed by atoms with Crippen molar-refractivity contribution in [3.8, 4) is 0 Å². The topological polar surface area (TPSA) is 98.5 Å². The van der Waals surface area contributed by atoms with Crippen molar-refractivity contribution >= 4 is 40.2 Å². The Hall–Kier alpha value is -3.00. The maximum atomic E-state index is 12.8. The van der Waals surface area contributed by atoms with Crippen LogP contribution >= 0.6 is 11.3 Å². The lowest BCUT2D eigenvalue weighted by Gasteiger charge is -2.06. The number of benzene rings is 1. The van der Waals surface area contributed by atoms with Gasteiger partial charge in [-0.15, -0.1) is 11.3 Å². The van der Waals surface area contributed by atoms with Crippen LogP contribution in [0.1, 0.15) is 32.8 Å². The standard InChI is InChI=1S/C19H17FN2O4S/c20-12-7-4-11(5-8-12)6-9-16(24)26-10-15(23)22-19-17(18(21)25)13-2-1-3-14(13)27-19/h4-9H,1-3,10H2,(H2,21,25)(H,22,23). The van der Waals surface area contributed by atoms with E-state index in [1.807, 2.05) is 0 Å². The summed E-state index contributed by atoms with van der Waals surface area (Å²) in [4.78, 5) is 36.5. The third kappa shape index (κ3) is 4.59. The van der Waals surface area contributed by atoms with Gasteiger partial charge in [0.1, 0.15) is 10.8 Å². The van der Waals surface area contributed by atoms with Gasteiger partial charge in [0.15, 0.2) is 6.61 Å². The van der Waals surface area contributed by atoms with Crippen LogP contribution in [0.15, 0.2) is 30.3 Å². The summed E-state index contributed by atoms with van der Waals surface area (Å²) < 4.78 is 17.7. The number of rotatable bonds is 6. The third-order valence-electron chi connectivity index (χ3n) is 4.05. The van der Waals surface area contributed by atoms with Crippen LogP contribution in [0, 0.1) is 5.82 Å². The predicted molar refractivity (Wildman–Crippen MR) is 99.9 cm³/mol. The number of amides is 2. The van der Waals surface area contributed by atoms with Crippen LogP contribution in [-0.2, 0) is 27.2 Å². The Morgan fingerprint density at radius 1 is 1.22 bits per heavy atom. The van der Waals surface area contributed by atoms with Gasteiger partial charge in [-0.25, -0.2) is 9.18 Å². The van der Waals surface area contributed by atoms with Gasteiger partial charge in [-0.1, -0.05) is 12.1 Å². The number of hydrogen-bond donors (Lipinski definition) is 2. The lowest BCUT2D eigenvalue weighted by atomic mass is 10.1. The highest BCUT2D eigenvalue weighted by Gasteiger charge is 2.26. The molecule has 2 amide bonds. The summed E-state index contributed by atoms with van der Waals surface area (Å²) in [6.07, 6.45) is 5.19. The van der Waals surface area contributed by atoms with E-state index in [4.69, 9.17) is 10.5 Å². The zero-order valence-corrected chi connectivity index (χ0v) is 15.1. The normalized spacial score (nSPS) is 12.8. The monoisotopic (exact) mass is 388 g/mol. The molecule has 3 rings (SSSR count). The SMILES string of the molecule is NC(=O)c1c(NC(=O)COC(=O)C=Cc2ccc(F)cc2)sc2c1CCC2. The summed E-state index contributed by atoms with van der Waals surface area (Å²) in [5.74, 6) is -2.22. The molecule has 27 heavy (non-hydrogen) atoms. The minimum absolute atomic E-state index is 0.350. The van der Waals surface area contributed by atoms with Gasteiger partial charge in [-0.3, -0.25) is 9.59 Å². The highest BCUT2D eigenvalue weighted by atomic mass is 32.1. The van der Waals surface area contributed by atoms with E-state index in [1.54, 1.807) is 0 Å². The summed E-state index contributed by atoms with van der Waals surface area (Å²) in [6.45, 7) is -0.493. The van der Waals surface area contributed by atoms with E-state index >= 15 is 0 Å². The molecule has 3 N–H and O–H groups in total. The molecule has 0 saturated carbocycles. The summed E-state index contributed by atoms with van der Waals surface area (Å²) in [6, 6.07) is 5.56. The molecule has 2 aromatic rings. The van der Waals surface area contributed by atoms with Crippen LogP contribution < -0.4 is 11.1 Å². The highest BCUT2D eigenvalue weighted by molar-refractivity contribution is 7.17. The summed E-state index contributed by atoms with van der Waals surface area (Å²) in [5.41, 5.74) is 7.31. The molecule has 1 aliphatic carbocycles. The van der Waals surface area contributed by atoms with Crippen molar-refractivity contribution in [1.82, 2.24) is 0 Å². The number of esters is 1. The van der Waals surface area contributed by atoms with Crippen LogP contribution in [0.4, 0.5) is 9.39 Å². The summed E-state index contributed by atoms with van der Waals surface area (Å²) >= 11 is 1.33. The lowest BCUT2D eigenvalue weighted by Crippen LogP contribution is -2.22. The second kappa shape index (κ2) is 8.13. The molecule has 1 aromatic heterocycles. The predicted octanol–water partition coefficient (Wildman–Crippen LogP) is 2.67. The fraction of sp³-hybridized carbons (Fsp3) is 0.211. The fourth-order valence-electron chi connectivity index (χ4n) is 2.84. The van der Waals surface area contributed by atoms with Gasteiger partial charge in [0.25, 0.3) is 11.8 Å². The molecule has 1 heterocycles. The number of thiophene rings is 1. The first kappa shape index (κ1) is 18.8. The maximum absolute atomic E-state index is 12.8. The zero-order valence-electron chi connectivity index (χ0n) is 14.3. The van der Waals surface area contributed by atoms with Crippen molar-refractivity contribution in [2.45, 2.75) is 19.3 Å². The third-order valence-corrected chi connectivity index (χ3v) is 5.26. The van der Waals surface area contributed by atoms with Crippen LogP contribution in [0.5, 0.6) is 0 Å². The van der Waals surface area contributed by atoms with E-state index in [9.17, 15) is 18.8 Å². The van der Waals surface area contributed by atoms with Crippen LogP contribution in [0.25, 0.3) is 6.08 Å². The molecule has 0 atom stereocenters. The molecule has 8 heteroatoms. The van der Waals surface area contributed by atoms with E-state index in [2.05, 4.69) is 5.32 Å². The average molecular weight is 388 g/mol. The Morgan fingerprint density at radius 3 is 2.67 bits per heavy atom. The van der Waals surface area contributed by atoms with Crippen molar-refractivity contribution < 1.29 is 23.5 Å². The van der Waals surface area contributed by atoms with Crippen LogP contribution in [-0.4, -0.2) is 24.4 Å². The zero-order chi connectivity index (χ0) is 19.4. The van der Waals surface area contributed by atoms with E-state index in [-0.39, 0.29) is 5.82 Å². The Kier molecular flexibility index (Phi) is 5.66. The Labute approximate surface area is 158 Å². The van der Waals surface area contributed by atoms with Crippen LogP contribution in [0.2, 0.25) is 0 Å². The molecule has 0 spiro atoms. The lowest BCUT2D eigenvalue weighted by molar-refractivity contribution is -0.142. The molecule has 1 aliphatic rings. The minimum Gasteiger partial charge on any atom is -0.452 e. The van der Waals surface area contributed by atoms with Crippen molar-refractivity contribution in [2.75, 3.05) is 11.9 Å². The molecule has 0 aliphatic heterocycles. The fourth-order valence-corrected chi connectivity index (χ4v) is 4.15. The maximum Gasteiger partial charge on any atom is 0.331 e. The highest BCUT2D eigenvalue weighted by Crippen LogP contribution is 2.38. The second-order valence-corrected chi connectivity index (χ2v) is 7.07. The molecule has 0 radical (unpaired) electrons. The average Bonchev–Trinajstić information content (AvgIpc) is 3.19. The first-order valence-electron chi connectivity index (χ1n) is 8.28. The van der Waals surface area contributed by atoms with Crippen LogP contribution in [0.3, 0.4) is 0 Å². The van der Waals surface area contributed by atoms with Gasteiger partial charge in [-0.2, -0.15) is 0 Å². The van der Waals surface area contributed by atoms with Gasteiger partial charge in [0.2, 0.25) is 0 Å². The van der Waals surface area contributed by atoms with Gasteiger partial charge in [0.05, 0.1) is 5.56 Å². The number of fused-ring (bicyclic) bond motifs is 1.